The van der Waals surface area contributed by atoms with Gasteiger partial charge in [0.15, 0.2) is 0 Å². The average molecular weight is 574 g/mol. The second-order valence-electron chi connectivity index (χ2n) is 11.4. The van der Waals surface area contributed by atoms with Gasteiger partial charge in [0, 0.05) is 42.4 Å². The van der Waals surface area contributed by atoms with Gasteiger partial charge in [-0.05, 0) is 88.4 Å². The first kappa shape index (κ1) is 27.6. The lowest BCUT2D eigenvalue weighted by molar-refractivity contribution is 0.664. The molecule has 0 bridgehead atoms. The second-order valence-corrected chi connectivity index (χ2v) is 11.4. The summed E-state index contributed by atoms with van der Waals surface area (Å²) in [5.41, 5.74) is 9.75. The number of hydrogen-bond donors (Lipinski definition) is 0. The molecule has 2 heterocycles. The summed E-state index contributed by atoms with van der Waals surface area (Å²) in [4.78, 5) is 11.2. The van der Waals surface area contributed by atoms with Crippen LogP contribution in [0.15, 0.2) is 124 Å². The fourth-order valence-corrected chi connectivity index (χ4v) is 6.55. The summed E-state index contributed by atoms with van der Waals surface area (Å²) < 4.78 is 6.81. The van der Waals surface area contributed by atoms with E-state index in [0.717, 1.165) is 58.4 Å². The van der Waals surface area contributed by atoms with Gasteiger partial charge in [0.1, 0.15) is 11.2 Å². The van der Waals surface area contributed by atoms with E-state index in [2.05, 4.69) is 121 Å². The normalized spacial score (nSPS) is 14.0. The summed E-state index contributed by atoms with van der Waals surface area (Å²) in [5.74, 6) is 0. The van der Waals surface area contributed by atoms with Crippen LogP contribution in [0.4, 0.5) is 11.4 Å². The zero-order valence-electron chi connectivity index (χ0n) is 25.5. The summed E-state index contributed by atoms with van der Waals surface area (Å²) in [6, 6.07) is 28.3. The van der Waals surface area contributed by atoms with Crippen molar-refractivity contribution >= 4 is 72.4 Å². The van der Waals surface area contributed by atoms with Crippen LogP contribution in [-0.2, 0) is 0 Å². The fourth-order valence-electron chi connectivity index (χ4n) is 6.55. The highest BCUT2D eigenvalue weighted by Crippen LogP contribution is 2.45. The molecule has 4 heteroatoms. The molecule has 0 radical (unpaired) electrons. The molecule has 0 aliphatic carbocycles. The lowest BCUT2D eigenvalue weighted by Gasteiger charge is -2.26. The zero-order chi connectivity index (χ0) is 30.2. The molecule has 0 saturated heterocycles. The minimum absolute atomic E-state index is 0.791. The number of hydrogen-bond acceptors (Lipinski definition) is 4. The molecule has 0 spiro atoms. The maximum atomic E-state index is 6.81. The molecule has 5 aromatic carbocycles. The summed E-state index contributed by atoms with van der Waals surface area (Å²) in [6.45, 7) is 6.79. The standard InChI is InChI=1S/C40H35N3O/c1-5-6-12-27(13-7-11-26(2)41-3)28-20-22-36-38-30(28)14-8-16-32(38)33-17-9-15-31-29(21-23-37(44-36)39(31)33)34-18-10-19-35-40(34)43(4)25-24-42-35/h5,7-11,13-24H,1,6,12,25H2,2-4H3/b11-7-,27-13+,41-26?. The molecule has 1 aliphatic rings. The van der Waals surface area contributed by atoms with Crippen LogP contribution in [-0.4, -0.2) is 32.6 Å². The van der Waals surface area contributed by atoms with Crippen LogP contribution >= 0.6 is 0 Å². The van der Waals surface area contributed by atoms with Crippen LogP contribution < -0.4 is 4.90 Å². The van der Waals surface area contributed by atoms with Crippen LogP contribution in [0, 0.1) is 0 Å². The topological polar surface area (TPSA) is 41.1 Å². The maximum Gasteiger partial charge on any atom is 0.135 e. The molecule has 1 aromatic heterocycles. The number of para-hydroxylation sites is 1. The van der Waals surface area contributed by atoms with E-state index >= 15 is 0 Å². The number of anilines is 1. The summed E-state index contributed by atoms with van der Waals surface area (Å²) in [5, 5.41) is 7.00. The molecule has 0 atom stereocenters. The van der Waals surface area contributed by atoms with Gasteiger partial charge in [-0.3, -0.25) is 9.98 Å². The van der Waals surface area contributed by atoms with Gasteiger partial charge in [0.25, 0.3) is 0 Å². The Morgan fingerprint density at radius 2 is 1.59 bits per heavy atom. The number of allylic oxidation sites excluding steroid dienone is 5. The molecule has 6 aromatic rings. The Balaban J connectivity index is 1.52. The fraction of sp³-hybridized carbons (Fsp3) is 0.150. The van der Waals surface area contributed by atoms with E-state index in [-0.39, 0.29) is 0 Å². The molecule has 4 nitrogen and oxygen atoms in total. The third kappa shape index (κ3) is 4.64. The summed E-state index contributed by atoms with van der Waals surface area (Å²) in [7, 11) is 3.95. The van der Waals surface area contributed by atoms with Crippen molar-refractivity contribution in [1.82, 2.24) is 0 Å². The Labute approximate surface area is 258 Å². The highest BCUT2D eigenvalue weighted by Gasteiger charge is 2.20. The van der Waals surface area contributed by atoms with Gasteiger partial charge >= 0.3 is 0 Å². The molecule has 44 heavy (non-hydrogen) atoms. The summed E-state index contributed by atoms with van der Waals surface area (Å²) >= 11 is 0. The van der Waals surface area contributed by atoms with Crippen molar-refractivity contribution in [3.8, 4) is 11.1 Å². The Bertz CT molecular complexity index is 2210. The lowest BCUT2D eigenvalue weighted by Crippen LogP contribution is -2.22. The number of rotatable bonds is 7. The van der Waals surface area contributed by atoms with E-state index in [1.807, 2.05) is 26.3 Å². The van der Waals surface area contributed by atoms with Crippen molar-refractivity contribution < 1.29 is 4.42 Å². The largest absolute Gasteiger partial charge is 0.456 e. The molecule has 0 saturated carbocycles. The minimum Gasteiger partial charge on any atom is -0.456 e. The summed E-state index contributed by atoms with van der Waals surface area (Å²) in [6.07, 6.45) is 12.1. The first-order valence-corrected chi connectivity index (χ1v) is 15.2. The molecule has 0 unspecified atom stereocenters. The van der Waals surface area contributed by atoms with Crippen LogP contribution in [0.3, 0.4) is 0 Å². The van der Waals surface area contributed by atoms with Gasteiger partial charge in [-0.2, -0.15) is 0 Å². The number of nitrogens with zero attached hydrogens (tertiary/aromatic N) is 3. The Kier molecular flexibility index (Phi) is 7.19. The van der Waals surface area contributed by atoms with Crippen molar-refractivity contribution in [2.45, 2.75) is 19.8 Å². The number of fused-ring (bicyclic) bond motifs is 2. The Morgan fingerprint density at radius 3 is 2.36 bits per heavy atom. The van der Waals surface area contributed by atoms with Crippen LogP contribution in [0.2, 0.25) is 0 Å². The predicted molar refractivity (Wildman–Crippen MR) is 191 cm³/mol. The maximum absolute atomic E-state index is 6.81. The Hall–Kier alpha value is -5.22. The highest BCUT2D eigenvalue weighted by molar-refractivity contribution is 6.26. The molecule has 216 valence electrons. The monoisotopic (exact) mass is 573 g/mol. The van der Waals surface area contributed by atoms with E-state index in [1.54, 1.807) is 0 Å². The second kappa shape index (κ2) is 11.5. The van der Waals surface area contributed by atoms with E-state index in [1.165, 1.54) is 43.8 Å². The molecule has 0 N–H and O–H groups in total. The van der Waals surface area contributed by atoms with Gasteiger partial charge in [-0.15, -0.1) is 6.58 Å². The van der Waals surface area contributed by atoms with Gasteiger partial charge in [-0.25, -0.2) is 0 Å². The molecule has 0 amide bonds. The van der Waals surface area contributed by atoms with Crippen molar-refractivity contribution in [2.75, 3.05) is 25.5 Å². The third-order valence-electron chi connectivity index (χ3n) is 8.74. The highest BCUT2D eigenvalue weighted by atomic mass is 16.3. The molecule has 0 fully saturated rings. The van der Waals surface area contributed by atoms with Gasteiger partial charge in [0.2, 0.25) is 0 Å². The minimum atomic E-state index is 0.791. The first-order chi connectivity index (χ1) is 21.6. The van der Waals surface area contributed by atoms with Gasteiger partial charge in [0.05, 0.1) is 17.9 Å². The Morgan fingerprint density at radius 1 is 0.886 bits per heavy atom. The quantitative estimate of drug-likeness (QED) is 0.108. The molecular formula is C40H35N3O. The average Bonchev–Trinajstić information content (AvgIpc) is 3.19. The lowest BCUT2D eigenvalue weighted by atomic mass is 9.91. The van der Waals surface area contributed by atoms with Crippen molar-refractivity contribution in [3.63, 3.8) is 0 Å². The number of benzene rings is 5. The van der Waals surface area contributed by atoms with Gasteiger partial charge < -0.3 is 9.32 Å². The third-order valence-corrected chi connectivity index (χ3v) is 8.74. The molecule has 7 rings (SSSR count). The molecule has 1 aliphatic heterocycles. The van der Waals surface area contributed by atoms with Crippen molar-refractivity contribution in [1.29, 1.82) is 0 Å². The van der Waals surface area contributed by atoms with E-state index in [0.29, 0.717) is 0 Å². The van der Waals surface area contributed by atoms with E-state index in [4.69, 9.17) is 9.41 Å². The van der Waals surface area contributed by atoms with Crippen LogP contribution in [0.1, 0.15) is 25.3 Å². The van der Waals surface area contributed by atoms with E-state index < -0.39 is 0 Å². The predicted octanol–water partition coefficient (Wildman–Crippen LogP) is 10.7. The van der Waals surface area contributed by atoms with Crippen LogP contribution in [0.25, 0.3) is 60.2 Å². The zero-order valence-corrected chi connectivity index (χ0v) is 25.5. The number of aliphatic imine (C=N–C) groups is 2. The van der Waals surface area contributed by atoms with Crippen LogP contribution in [0.5, 0.6) is 0 Å². The molecular weight excluding hydrogens is 538 g/mol. The smallest absolute Gasteiger partial charge is 0.135 e. The van der Waals surface area contributed by atoms with Crippen molar-refractivity contribution in [3.05, 3.63) is 115 Å². The first-order valence-electron chi connectivity index (χ1n) is 15.2. The van der Waals surface area contributed by atoms with Gasteiger partial charge in [-0.1, -0.05) is 72.8 Å². The SMILES string of the molecule is C=CCC/C(=C\C=C/C(C)=NC)c1ccc2oc3ccc(-c4cccc5c4N(C)CC=N5)c4cccc(c5cccc1c25)c34. The van der Waals surface area contributed by atoms with E-state index in [9.17, 15) is 0 Å². The van der Waals surface area contributed by atoms with Crippen molar-refractivity contribution in [2.24, 2.45) is 9.98 Å².